The van der Waals surface area contributed by atoms with Crippen molar-refractivity contribution in [3.63, 3.8) is 0 Å². The molecule has 0 fully saturated rings. The van der Waals surface area contributed by atoms with Crippen LogP contribution in [0.2, 0.25) is 0 Å². The third-order valence-corrected chi connectivity index (χ3v) is 4.14. The number of hydroxylamine groups is 1. The minimum absolute atomic E-state index is 0.0158. The number of aliphatic hydroxyl groups excluding tert-OH is 1. The molecule has 0 aliphatic rings. The van der Waals surface area contributed by atoms with Crippen LogP contribution in [0.3, 0.4) is 0 Å². The first kappa shape index (κ1) is 21.2. The van der Waals surface area contributed by atoms with Gasteiger partial charge in [0.1, 0.15) is 11.6 Å². The fourth-order valence-electron chi connectivity index (χ4n) is 2.21. The lowest BCUT2D eigenvalue weighted by Gasteiger charge is -2.13. The number of rotatable bonds is 8. The third kappa shape index (κ3) is 4.99. The summed E-state index contributed by atoms with van der Waals surface area (Å²) >= 11 is 1.91. The molecule has 27 heavy (non-hydrogen) atoms. The van der Waals surface area contributed by atoms with Gasteiger partial charge in [0.25, 0.3) is 5.91 Å². The maximum absolute atomic E-state index is 14.1. The number of hydrogen-bond acceptors (Lipinski definition) is 5. The summed E-state index contributed by atoms with van der Waals surface area (Å²) in [5.74, 6) is -3.06. The van der Waals surface area contributed by atoms with E-state index in [9.17, 15) is 22.8 Å². The van der Waals surface area contributed by atoms with Crippen molar-refractivity contribution in [3.05, 3.63) is 44.9 Å². The Hall–Kier alpha value is -2.12. The number of anilines is 2. The number of carbonyl (C=O) groups excluding carboxylic acids is 2. The maximum Gasteiger partial charge on any atom is 0.302 e. The molecule has 146 valence electrons. The normalized spacial score (nSPS) is 10.9. The molecule has 11 heteroatoms. The molecule has 0 aliphatic carbocycles. The number of carbonyl (C=O) groups is 2. The highest BCUT2D eigenvalue weighted by Gasteiger charge is 2.27. The van der Waals surface area contributed by atoms with Gasteiger partial charge in [0.05, 0.1) is 30.2 Å². The fraction of sp³-hybridized carbons (Fsp3) is 0.250. The van der Waals surface area contributed by atoms with Gasteiger partial charge in [0.15, 0.2) is 0 Å². The van der Waals surface area contributed by atoms with Crippen LogP contribution >= 0.6 is 22.6 Å². The van der Waals surface area contributed by atoms with Gasteiger partial charge in [-0.2, -0.15) is 0 Å². The van der Waals surface area contributed by atoms with E-state index in [1.165, 1.54) is 19.2 Å². The first-order valence-electron chi connectivity index (χ1n) is 7.53. The van der Waals surface area contributed by atoms with Gasteiger partial charge in [-0.1, -0.05) is 0 Å². The van der Waals surface area contributed by atoms with Crippen LogP contribution < -0.4 is 10.8 Å². The Morgan fingerprint density at radius 2 is 2.04 bits per heavy atom. The molecule has 0 radical (unpaired) electrons. The van der Waals surface area contributed by atoms with Crippen LogP contribution in [0.25, 0.3) is 0 Å². The van der Waals surface area contributed by atoms with E-state index in [0.29, 0.717) is 3.57 Å². The van der Waals surface area contributed by atoms with Crippen molar-refractivity contribution >= 4 is 45.8 Å². The van der Waals surface area contributed by atoms with Crippen LogP contribution in [0.5, 0.6) is 0 Å². The zero-order chi connectivity index (χ0) is 20.1. The summed E-state index contributed by atoms with van der Waals surface area (Å²) in [5, 5.41) is 11.3. The topological polar surface area (TPSA) is 92.6 Å². The standard InChI is InChI=1S/C16H15F3IN3O4/c1-23-12(13(25)14(18)19)7-9(16(26)22-27-5-4-24)15(23)21-11-3-2-8(20)6-10(11)17/h2-3,6-7,14,21,24H,4-5H2,1H3,(H,22,26). The molecular weight excluding hydrogens is 482 g/mol. The van der Waals surface area contributed by atoms with Gasteiger partial charge in [-0.05, 0) is 46.9 Å². The number of nitrogens with one attached hydrogen (secondary N) is 2. The number of aromatic nitrogens is 1. The van der Waals surface area contributed by atoms with Gasteiger partial charge in [-0.15, -0.1) is 0 Å². The minimum Gasteiger partial charge on any atom is -0.394 e. The lowest BCUT2D eigenvalue weighted by atomic mass is 10.2. The second kappa shape index (κ2) is 9.19. The molecule has 1 amide bonds. The molecule has 1 aromatic heterocycles. The molecular formula is C16H15F3IN3O4. The van der Waals surface area contributed by atoms with Crippen LogP contribution in [0.1, 0.15) is 20.8 Å². The van der Waals surface area contributed by atoms with Crippen molar-refractivity contribution in [2.75, 3.05) is 18.5 Å². The number of alkyl halides is 2. The van der Waals surface area contributed by atoms with E-state index in [4.69, 9.17) is 9.94 Å². The lowest BCUT2D eigenvalue weighted by Crippen LogP contribution is -2.25. The van der Waals surface area contributed by atoms with Gasteiger partial charge in [0.2, 0.25) is 5.78 Å². The van der Waals surface area contributed by atoms with Crippen LogP contribution in [0.15, 0.2) is 24.3 Å². The van der Waals surface area contributed by atoms with E-state index in [-0.39, 0.29) is 30.3 Å². The summed E-state index contributed by atoms with van der Waals surface area (Å²) in [6.07, 6.45) is -3.27. The number of nitrogens with zero attached hydrogens (tertiary/aromatic N) is 1. The van der Waals surface area contributed by atoms with Crippen molar-refractivity contribution < 1.29 is 32.7 Å². The van der Waals surface area contributed by atoms with E-state index < -0.39 is 29.6 Å². The first-order valence-corrected chi connectivity index (χ1v) is 8.61. The zero-order valence-corrected chi connectivity index (χ0v) is 16.1. The second-order valence-corrected chi connectivity index (χ2v) is 6.51. The largest absolute Gasteiger partial charge is 0.394 e. The average Bonchev–Trinajstić information content (AvgIpc) is 2.93. The second-order valence-electron chi connectivity index (χ2n) is 5.27. The van der Waals surface area contributed by atoms with Crippen LogP contribution in [-0.2, 0) is 11.9 Å². The Balaban J connectivity index is 2.45. The lowest BCUT2D eigenvalue weighted by molar-refractivity contribution is 0.0169. The highest BCUT2D eigenvalue weighted by molar-refractivity contribution is 14.1. The summed E-state index contributed by atoms with van der Waals surface area (Å²) < 4.78 is 41.4. The van der Waals surface area contributed by atoms with E-state index in [2.05, 4.69) is 5.32 Å². The van der Waals surface area contributed by atoms with E-state index in [1.807, 2.05) is 28.1 Å². The zero-order valence-electron chi connectivity index (χ0n) is 13.9. The summed E-state index contributed by atoms with van der Waals surface area (Å²) in [4.78, 5) is 28.7. The fourth-order valence-corrected chi connectivity index (χ4v) is 2.66. The van der Waals surface area contributed by atoms with Crippen LogP contribution in [-0.4, -0.2) is 41.0 Å². The van der Waals surface area contributed by atoms with Crippen molar-refractivity contribution in [1.29, 1.82) is 0 Å². The Morgan fingerprint density at radius 1 is 1.33 bits per heavy atom. The molecule has 0 atom stereocenters. The predicted octanol–water partition coefficient (Wildman–Crippen LogP) is 2.61. The Bertz CT molecular complexity index is 858. The number of hydrogen-bond donors (Lipinski definition) is 3. The van der Waals surface area contributed by atoms with Crippen LogP contribution in [0.4, 0.5) is 24.7 Å². The van der Waals surface area contributed by atoms with Gasteiger partial charge in [0, 0.05) is 10.6 Å². The summed E-state index contributed by atoms with van der Waals surface area (Å²) in [6.45, 7) is -0.556. The van der Waals surface area contributed by atoms with Gasteiger partial charge in [-0.25, -0.2) is 18.7 Å². The number of ketones is 1. The molecule has 0 spiro atoms. The molecule has 2 aromatic rings. The number of amides is 1. The Morgan fingerprint density at radius 3 is 2.63 bits per heavy atom. The van der Waals surface area contributed by atoms with Gasteiger partial charge >= 0.3 is 6.43 Å². The molecule has 1 aromatic carbocycles. The smallest absolute Gasteiger partial charge is 0.302 e. The van der Waals surface area contributed by atoms with Crippen molar-refractivity contribution in [2.45, 2.75) is 6.43 Å². The predicted molar refractivity (Wildman–Crippen MR) is 98.7 cm³/mol. The number of benzene rings is 1. The highest BCUT2D eigenvalue weighted by atomic mass is 127. The maximum atomic E-state index is 14.1. The van der Waals surface area contributed by atoms with Crippen LogP contribution in [0, 0.1) is 9.39 Å². The summed E-state index contributed by atoms with van der Waals surface area (Å²) in [6, 6.07) is 5.20. The number of Topliss-reactive ketones (excluding diaryl/α,β-unsaturated/α-hetero) is 1. The van der Waals surface area contributed by atoms with Crippen molar-refractivity contribution in [2.24, 2.45) is 7.05 Å². The third-order valence-electron chi connectivity index (χ3n) is 3.47. The molecule has 0 saturated heterocycles. The van der Waals surface area contributed by atoms with Gasteiger partial charge < -0.3 is 15.0 Å². The summed E-state index contributed by atoms with van der Waals surface area (Å²) in [7, 11) is 1.29. The number of halogens is 4. The quantitative estimate of drug-likeness (QED) is 0.226. The molecule has 0 aliphatic heterocycles. The summed E-state index contributed by atoms with van der Waals surface area (Å²) in [5.41, 5.74) is 1.35. The molecule has 0 saturated carbocycles. The van der Waals surface area contributed by atoms with Crippen molar-refractivity contribution in [3.8, 4) is 0 Å². The molecule has 0 unspecified atom stereocenters. The molecule has 7 nitrogen and oxygen atoms in total. The van der Waals surface area contributed by atoms with E-state index in [0.717, 1.165) is 10.6 Å². The molecule has 0 bridgehead atoms. The molecule has 2 rings (SSSR count). The monoisotopic (exact) mass is 497 g/mol. The minimum atomic E-state index is -3.27. The Labute approximate surface area is 165 Å². The van der Waals surface area contributed by atoms with E-state index >= 15 is 0 Å². The number of aliphatic hydroxyl groups is 1. The van der Waals surface area contributed by atoms with Gasteiger partial charge in [-0.3, -0.25) is 14.4 Å². The van der Waals surface area contributed by atoms with Crippen molar-refractivity contribution in [1.82, 2.24) is 10.0 Å². The van der Waals surface area contributed by atoms with E-state index in [1.54, 1.807) is 6.07 Å². The first-order chi connectivity index (χ1) is 12.8. The SMILES string of the molecule is Cn1c(C(=O)C(F)F)cc(C(=O)NOCCO)c1Nc1ccc(I)cc1F. The Kier molecular flexibility index (Phi) is 7.21. The molecule has 1 heterocycles. The molecule has 3 N–H and O–H groups in total. The average molecular weight is 497 g/mol. The highest BCUT2D eigenvalue weighted by Crippen LogP contribution is 2.28.